The van der Waals surface area contributed by atoms with Crippen LogP contribution in [0.1, 0.15) is 0 Å². The van der Waals surface area contributed by atoms with Crippen molar-refractivity contribution in [1.82, 2.24) is 19.9 Å². The fraction of sp³-hybridized carbons (Fsp3) is 0. The van der Waals surface area contributed by atoms with Crippen LogP contribution in [0.2, 0.25) is 0 Å². The monoisotopic (exact) mass is 386 g/mol. The number of nitrogens with zero attached hydrogens (tertiary/aromatic N) is 4. The van der Waals surface area contributed by atoms with Gasteiger partial charge in [-0.05, 0) is 11.6 Å². The van der Waals surface area contributed by atoms with E-state index in [0.717, 1.165) is 45.2 Å². The third-order valence-electron chi connectivity index (χ3n) is 4.89. The average molecular weight is 386 g/mol. The van der Waals surface area contributed by atoms with Gasteiger partial charge in [0.2, 0.25) is 0 Å². The summed E-state index contributed by atoms with van der Waals surface area (Å²) in [6, 6.07) is 30.2. The van der Waals surface area contributed by atoms with E-state index < -0.39 is 0 Å². The van der Waals surface area contributed by atoms with Gasteiger partial charge in [-0.1, -0.05) is 84.9 Å². The molecule has 2 heterocycles. The Morgan fingerprint density at radius 1 is 0.400 bits per heavy atom. The Labute approximate surface area is 175 Å². The van der Waals surface area contributed by atoms with Crippen LogP contribution in [0.3, 0.4) is 0 Å². The quantitative estimate of drug-likeness (QED) is 0.384. The molecule has 4 nitrogen and oxygen atoms in total. The third-order valence-corrected chi connectivity index (χ3v) is 4.89. The van der Waals surface area contributed by atoms with Gasteiger partial charge in [-0.3, -0.25) is 0 Å². The highest BCUT2D eigenvalue weighted by atomic mass is 14.9. The molecule has 0 aliphatic heterocycles. The minimum atomic E-state index is 0.724. The lowest BCUT2D eigenvalue weighted by molar-refractivity contribution is 1.18. The van der Waals surface area contributed by atoms with Crippen molar-refractivity contribution in [2.45, 2.75) is 0 Å². The van der Waals surface area contributed by atoms with Crippen LogP contribution >= 0.6 is 0 Å². The van der Waals surface area contributed by atoms with Gasteiger partial charge in [0.15, 0.2) is 11.6 Å². The standard InChI is InChI=1S/C26H18N4/c1-3-7-21(8-4-1)25-28-17-23(18-29-25)19-11-13-20(14-12-19)24-15-16-27-26(30-24)22-9-5-2-6-10-22/h1-18H. The van der Waals surface area contributed by atoms with E-state index in [2.05, 4.69) is 39.2 Å². The van der Waals surface area contributed by atoms with Crippen molar-refractivity contribution in [1.29, 1.82) is 0 Å². The van der Waals surface area contributed by atoms with Crippen molar-refractivity contribution in [2.24, 2.45) is 0 Å². The highest BCUT2D eigenvalue weighted by Crippen LogP contribution is 2.25. The van der Waals surface area contributed by atoms with Crippen molar-refractivity contribution >= 4 is 0 Å². The Bertz CT molecular complexity index is 1250. The summed E-state index contributed by atoms with van der Waals surface area (Å²) in [6.45, 7) is 0. The average Bonchev–Trinajstić information content (AvgIpc) is 2.85. The summed E-state index contributed by atoms with van der Waals surface area (Å²) in [5.74, 6) is 1.45. The molecule has 0 radical (unpaired) electrons. The van der Waals surface area contributed by atoms with Gasteiger partial charge in [-0.25, -0.2) is 19.9 Å². The van der Waals surface area contributed by atoms with E-state index in [-0.39, 0.29) is 0 Å². The summed E-state index contributed by atoms with van der Waals surface area (Å²) in [5.41, 5.74) is 6.00. The Morgan fingerprint density at radius 2 is 0.967 bits per heavy atom. The lowest BCUT2D eigenvalue weighted by Crippen LogP contribution is -1.92. The maximum absolute atomic E-state index is 4.73. The van der Waals surface area contributed by atoms with Gasteiger partial charge in [0.05, 0.1) is 5.69 Å². The first-order valence-electron chi connectivity index (χ1n) is 9.73. The zero-order valence-corrected chi connectivity index (χ0v) is 16.2. The van der Waals surface area contributed by atoms with E-state index in [0.29, 0.717) is 0 Å². The molecule has 0 bridgehead atoms. The molecule has 0 fully saturated rings. The van der Waals surface area contributed by atoms with Gasteiger partial charge in [0.1, 0.15) is 0 Å². The summed E-state index contributed by atoms with van der Waals surface area (Å²) in [5, 5.41) is 0. The highest BCUT2D eigenvalue weighted by Gasteiger charge is 2.06. The van der Waals surface area contributed by atoms with E-state index in [4.69, 9.17) is 4.98 Å². The molecule has 142 valence electrons. The molecule has 3 aromatic carbocycles. The Morgan fingerprint density at radius 3 is 1.60 bits per heavy atom. The molecule has 0 unspecified atom stereocenters. The Kier molecular flexibility index (Phi) is 4.80. The number of benzene rings is 3. The number of aromatic nitrogens is 4. The van der Waals surface area contributed by atoms with Crippen molar-refractivity contribution in [3.63, 3.8) is 0 Å². The molecule has 0 saturated carbocycles. The minimum Gasteiger partial charge on any atom is -0.237 e. The van der Waals surface area contributed by atoms with Crippen LogP contribution in [0.5, 0.6) is 0 Å². The van der Waals surface area contributed by atoms with Crippen LogP contribution < -0.4 is 0 Å². The molecule has 5 rings (SSSR count). The first kappa shape index (κ1) is 17.9. The molecule has 0 amide bonds. The van der Waals surface area contributed by atoms with Gasteiger partial charge in [0, 0.05) is 40.8 Å². The van der Waals surface area contributed by atoms with E-state index in [1.165, 1.54) is 0 Å². The fourth-order valence-electron chi connectivity index (χ4n) is 3.29. The molecule has 0 N–H and O–H groups in total. The first-order chi connectivity index (χ1) is 14.9. The summed E-state index contributed by atoms with van der Waals surface area (Å²) < 4.78 is 0. The summed E-state index contributed by atoms with van der Waals surface area (Å²) >= 11 is 0. The molecule has 0 aliphatic rings. The molecule has 2 aromatic heterocycles. The summed E-state index contributed by atoms with van der Waals surface area (Å²) in [6.07, 6.45) is 5.53. The molecule has 0 saturated heterocycles. The largest absolute Gasteiger partial charge is 0.237 e. The third kappa shape index (κ3) is 3.71. The second-order valence-corrected chi connectivity index (χ2v) is 6.87. The van der Waals surface area contributed by atoms with Crippen molar-refractivity contribution in [2.75, 3.05) is 0 Å². The highest BCUT2D eigenvalue weighted by molar-refractivity contribution is 5.69. The van der Waals surface area contributed by atoms with Crippen LogP contribution in [0, 0.1) is 0 Å². The first-order valence-corrected chi connectivity index (χ1v) is 9.73. The van der Waals surface area contributed by atoms with Gasteiger partial charge in [-0.15, -0.1) is 0 Å². The molecule has 5 aromatic rings. The molecular formula is C26H18N4. The van der Waals surface area contributed by atoms with Gasteiger partial charge < -0.3 is 0 Å². The molecule has 4 heteroatoms. The number of hydrogen-bond acceptors (Lipinski definition) is 4. The lowest BCUT2D eigenvalue weighted by Gasteiger charge is -2.06. The lowest BCUT2D eigenvalue weighted by atomic mass is 10.0. The molecule has 0 aliphatic carbocycles. The second-order valence-electron chi connectivity index (χ2n) is 6.87. The molecule has 30 heavy (non-hydrogen) atoms. The summed E-state index contributed by atoms with van der Waals surface area (Å²) in [4.78, 5) is 18.2. The topological polar surface area (TPSA) is 51.6 Å². The second kappa shape index (κ2) is 8.05. The smallest absolute Gasteiger partial charge is 0.159 e. The maximum Gasteiger partial charge on any atom is 0.159 e. The van der Waals surface area contributed by atoms with Gasteiger partial charge in [0.25, 0.3) is 0 Å². The van der Waals surface area contributed by atoms with Crippen LogP contribution in [0.4, 0.5) is 0 Å². The van der Waals surface area contributed by atoms with Gasteiger partial charge in [-0.2, -0.15) is 0 Å². The zero-order chi connectivity index (χ0) is 20.2. The van der Waals surface area contributed by atoms with Crippen molar-refractivity contribution in [3.8, 4) is 45.2 Å². The normalized spacial score (nSPS) is 10.7. The van der Waals surface area contributed by atoms with Crippen molar-refractivity contribution in [3.05, 3.63) is 110 Å². The predicted octanol–water partition coefficient (Wildman–Crippen LogP) is 5.93. The number of rotatable bonds is 4. The van der Waals surface area contributed by atoms with Gasteiger partial charge >= 0.3 is 0 Å². The Balaban J connectivity index is 1.40. The van der Waals surface area contributed by atoms with Crippen LogP contribution in [-0.2, 0) is 0 Å². The summed E-state index contributed by atoms with van der Waals surface area (Å²) in [7, 11) is 0. The molecule has 0 atom stereocenters. The van der Waals surface area contributed by atoms with E-state index >= 15 is 0 Å². The molecule has 0 spiro atoms. The fourth-order valence-corrected chi connectivity index (χ4v) is 3.29. The SMILES string of the molecule is c1ccc(-c2ncc(-c3ccc(-c4ccnc(-c5ccccc5)n4)cc3)cn2)cc1. The minimum absolute atomic E-state index is 0.724. The van der Waals surface area contributed by atoms with Crippen molar-refractivity contribution < 1.29 is 0 Å². The van der Waals surface area contributed by atoms with E-state index in [1.54, 1.807) is 6.20 Å². The van der Waals surface area contributed by atoms with E-state index in [9.17, 15) is 0 Å². The Hall–Kier alpha value is -4.18. The molecular weight excluding hydrogens is 368 g/mol. The van der Waals surface area contributed by atoms with Crippen LogP contribution in [-0.4, -0.2) is 19.9 Å². The zero-order valence-electron chi connectivity index (χ0n) is 16.2. The number of hydrogen-bond donors (Lipinski definition) is 0. The van der Waals surface area contributed by atoms with Crippen LogP contribution in [0.25, 0.3) is 45.2 Å². The van der Waals surface area contributed by atoms with Crippen LogP contribution in [0.15, 0.2) is 110 Å². The predicted molar refractivity (Wildman–Crippen MR) is 119 cm³/mol. The maximum atomic E-state index is 4.73. The van der Waals surface area contributed by atoms with E-state index in [1.807, 2.05) is 79.1 Å².